The van der Waals surface area contributed by atoms with Gasteiger partial charge in [0.1, 0.15) is 11.6 Å². The molecule has 0 aliphatic heterocycles. The van der Waals surface area contributed by atoms with Gasteiger partial charge < -0.3 is 16.8 Å². The predicted octanol–water partition coefficient (Wildman–Crippen LogP) is 2.74. The highest BCUT2D eigenvalue weighted by Gasteiger charge is 2.04. The van der Waals surface area contributed by atoms with Crippen LogP contribution in [0.25, 0.3) is 0 Å². The van der Waals surface area contributed by atoms with E-state index >= 15 is 0 Å². The van der Waals surface area contributed by atoms with E-state index in [1.807, 2.05) is 0 Å². The van der Waals surface area contributed by atoms with Crippen LogP contribution in [0, 0.1) is 11.6 Å². The van der Waals surface area contributed by atoms with Gasteiger partial charge in [-0.15, -0.1) is 0 Å². The van der Waals surface area contributed by atoms with E-state index in [2.05, 4.69) is 5.32 Å². The summed E-state index contributed by atoms with van der Waals surface area (Å²) in [6.07, 6.45) is 0. The van der Waals surface area contributed by atoms with Crippen LogP contribution in [0.2, 0.25) is 0 Å². The Bertz CT molecular complexity index is 570. The van der Waals surface area contributed by atoms with E-state index in [0.717, 1.165) is 18.2 Å². The summed E-state index contributed by atoms with van der Waals surface area (Å²) < 4.78 is 26.3. The molecule has 0 amide bonds. The second-order valence-corrected chi connectivity index (χ2v) is 3.93. The van der Waals surface area contributed by atoms with E-state index in [9.17, 15) is 8.78 Å². The van der Waals surface area contributed by atoms with E-state index in [-0.39, 0.29) is 12.1 Å². The molecular formula is C13H13F2N3. The fraction of sp³-hybridized carbons (Fsp3) is 0.0769. The van der Waals surface area contributed by atoms with E-state index in [1.54, 1.807) is 18.2 Å². The summed E-state index contributed by atoms with van der Waals surface area (Å²) in [6.45, 7) is 0.174. The lowest BCUT2D eigenvalue weighted by atomic mass is 10.2. The van der Waals surface area contributed by atoms with E-state index in [4.69, 9.17) is 11.5 Å². The topological polar surface area (TPSA) is 64.1 Å². The number of hydrogen-bond acceptors (Lipinski definition) is 3. The molecule has 0 saturated heterocycles. The van der Waals surface area contributed by atoms with Crippen molar-refractivity contribution in [2.75, 3.05) is 16.8 Å². The molecule has 0 aliphatic carbocycles. The molecule has 2 aromatic rings. The lowest BCUT2D eigenvalue weighted by Crippen LogP contribution is -2.03. The molecule has 5 heteroatoms. The van der Waals surface area contributed by atoms with Crippen molar-refractivity contribution in [2.45, 2.75) is 6.54 Å². The maximum absolute atomic E-state index is 13.4. The van der Waals surface area contributed by atoms with Crippen LogP contribution in [-0.4, -0.2) is 0 Å². The van der Waals surface area contributed by atoms with Crippen LogP contribution in [0.3, 0.4) is 0 Å². The molecule has 18 heavy (non-hydrogen) atoms. The maximum atomic E-state index is 13.4. The summed E-state index contributed by atoms with van der Waals surface area (Å²) in [5.74, 6) is -0.919. The largest absolute Gasteiger partial charge is 0.397 e. The molecule has 94 valence electrons. The van der Waals surface area contributed by atoms with Crippen LogP contribution in [0.4, 0.5) is 25.8 Å². The SMILES string of the molecule is Nc1ccc(NCc2cc(F)ccc2F)cc1N. The predicted molar refractivity (Wildman–Crippen MR) is 69.0 cm³/mol. The molecule has 0 aliphatic rings. The van der Waals surface area contributed by atoms with Crippen molar-refractivity contribution in [3.05, 3.63) is 53.6 Å². The van der Waals surface area contributed by atoms with Crippen molar-refractivity contribution < 1.29 is 8.78 Å². The summed E-state index contributed by atoms with van der Waals surface area (Å²) in [6, 6.07) is 8.36. The zero-order valence-electron chi connectivity index (χ0n) is 9.58. The lowest BCUT2D eigenvalue weighted by molar-refractivity contribution is 0.587. The zero-order valence-corrected chi connectivity index (χ0v) is 9.58. The lowest BCUT2D eigenvalue weighted by Gasteiger charge is -2.09. The molecule has 0 atom stereocenters. The molecule has 0 spiro atoms. The molecule has 0 saturated carbocycles. The summed E-state index contributed by atoms with van der Waals surface area (Å²) in [5, 5.41) is 2.95. The number of anilines is 3. The first-order valence-electron chi connectivity index (χ1n) is 5.39. The first-order chi connectivity index (χ1) is 8.56. The van der Waals surface area contributed by atoms with Crippen molar-refractivity contribution >= 4 is 17.1 Å². The van der Waals surface area contributed by atoms with Gasteiger partial charge in [-0.3, -0.25) is 0 Å². The Morgan fingerprint density at radius 3 is 2.44 bits per heavy atom. The van der Waals surface area contributed by atoms with E-state index in [1.165, 1.54) is 0 Å². The summed E-state index contributed by atoms with van der Waals surface area (Å²) in [7, 11) is 0. The zero-order chi connectivity index (χ0) is 13.1. The van der Waals surface area contributed by atoms with Crippen LogP contribution in [0.1, 0.15) is 5.56 Å². The third-order valence-electron chi connectivity index (χ3n) is 2.58. The van der Waals surface area contributed by atoms with Crippen molar-refractivity contribution in [1.29, 1.82) is 0 Å². The first-order valence-corrected chi connectivity index (χ1v) is 5.39. The Balaban J connectivity index is 2.11. The monoisotopic (exact) mass is 249 g/mol. The highest BCUT2D eigenvalue weighted by Crippen LogP contribution is 2.20. The molecule has 0 heterocycles. The van der Waals surface area contributed by atoms with Gasteiger partial charge in [0.25, 0.3) is 0 Å². The highest BCUT2D eigenvalue weighted by atomic mass is 19.1. The number of hydrogen-bond donors (Lipinski definition) is 3. The number of nitrogens with one attached hydrogen (secondary N) is 1. The molecular weight excluding hydrogens is 236 g/mol. The first kappa shape index (κ1) is 12.2. The van der Waals surface area contributed by atoms with Crippen LogP contribution < -0.4 is 16.8 Å². The number of nitrogen functional groups attached to an aromatic ring is 2. The summed E-state index contributed by atoms with van der Waals surface area (Å²) >= 11 is 0. The van der Waals surface area contributed by atoms with Gasteiger partial charge >= 0.3 is 0 Å². The summed E-state index contributed by atoms with van der Waals surface area (Å²) in [4.78, 5) is 0. The molecule has 0 fully saturated rings. The molecule has 5 N–H and O–H groups in total. The molecule has 0 unspecified atom stereocenters. The van der Waals surface area contributed by atoms with Crippen molar-refractivity contribution in [3.8, 4) is 0 Å². The standard InChI is InChI=1S/C13H13F2N3/c14-9-1-3-11(15)8(5-9)7-18-10-2-4-12(16)13(17)6-10/h1-6,18H,7,16-17H2. The number of benzene rings is 2. The summed E-state index contributed by atoms with van der Waals surface area (Å²) in [5.41, 5.74) is 13.1. The molecule has 2 aromatic carbocycles. The van der Waals surface area contributed by atoms with Crippen molar-refractivity contribution in [1.82, 2.24) is 0 Å². The third-order valence-corrected chi connectivity index (χ3v) is 2.58. The average molecular weight is 249 g/mol. The fourth-order valence-electron chi connectivity index (χ4n) is 1.56. The Labute approximate surface area is 103 Å². The molecule has 0 radical (unpaired) electrons. The number of rotatable bonds is 3. The van der Waals surface area contributed by atoms with E-state index in [0.29, 0.717) is 17.1 Å². The molecule has 0 aromatic heterocycles. The van der Waals surface area contributed by atoms with Crippen molar-refractivity contribution in [2.24, 2.45) is 0 Å². The van der Waals surface area contributed by atoms with E-state index < -0.39 is 11.6 Å². The minimum absolute atomic E-state index is 0.174. The molecule has 3 nitrogen and oxygen atoms in total. The smallest absolute Gasteiger partial charge is 0.128 e. The Morgan fingerprint density at radius 2 is 1.72 bits per heavy atom. The van der Waals surface area contributed by atoms with Crippen LogP contribution in [0.5, 0.6) is 0 Å². The van der Waals surface area contributed by atoms with Gasteiger partial charge in [-0.25, -0.2) is 8.78 Å². The van der Waals surface area contributed by atoms with Gasteiger partial charge in [0.15, 0.2) is 0 Å². The Hall–Kier alpha value is -2.30. The number of halogens is 2. The average Bonchev–Trinajstić information content (AvgIpc) is 2.34. The Kier molecular flexibility index (Phi) is 3.32. The minimum Gasteiger partial charge on any atom is -0.397 e. The van der Waals surface area contributed by atoms with Crippen LogP contribution in [0.15, 0.2) is 36.4 Å². The van der Waals surface area contributed by atoms with Gasteiger partial charge in [-0.05, 0) is 36.4 Å². The van der Waals surface area contributed by atoms with Crippen LogP contribution >= 0.6 is 0 Å². The van der Waals surface area contributed by atoms with Gasteiger partial charge in [0, 0.05) is 17.8 Å². The third kappa shape index (κ3) is 2.68. The second-order valence-electron chi connectivity index (χ2n) is 3.93. The van der Waals surface area contributed by atoms with Gasteiger partial charge in [0.2, 0.25) is 0 Å². The van der Waals surface area contributed by atoms with Gasteiger partial charge in [0.05, 0.1) is 11.4 Å². The number of nitrogens with two attached hydrogens (primary N) is 2. The van der Waals surface area contributed by atoms with Gasteiger partial charge in [-0.1, -0.05) is 0 Å². The minimum atomic E-state index is -0.468. The maximum Gasteiger partial charge on any atom is 0.128 e. The van der Waals surface area contributed by atoms with Crippen molar-refractivity contribution in [3.63, 3.8) is 0 Å². The second kappa shape index (κ2) is 4.91. The molecule has 2 rings (SSSR count). The highest BCUT2D eigenvalue weighted by molar-refractivity contribution is 5.69. The van der Waals surface area contributed by atoms with Gasteiger partial charge in [-0.2, -0.15) is 0 Å². The fourth-order valence-corrected chi connectivity index (χ4v) is 1.56. The van der Waals surface area contributed by atoms with Crippen LogP contribution in [-0.2, 0) is 6.54 Å². The molecule has 0 bridgehead atoms. The quantitative estimate of drug-likeness (QED) is 0.733. The normalized spacial score (nSPS) is 10.3. The Morgan fingerprint density at radius 1 is 0.944 bits per heavy atom.